The summed E-state index contributed by atoms with van der Waals surface area (Å²) in [6, 6.07) is 23.2. The number of amidine groups is 1. The van der Waals surface area contributed by atoms with Crippen LogP contribution in [0, 0.1) is 0 Å². The molecule has 3 aromatic carbocycles. The number of carboxylic acids is 1. The molecule has 0 aromatic heterocycles. The van der Waals surface area contributed by atoms with Gasteiger partial charge in [-0.3, -0.25) is 9.69 Å². The smallest absolute Gasteiger partial charge is 0.267 e. The quantitative estimate of drug-likeness (QED) is 0.360. The van der Waals surface area contributed by atoms with Crippen molar-refractivity contribution in [2.45, 2.75) is 6.54 Å². The summed E-state index contributed by atoms with van der Waals surface area (Å²) in [5, 5.41) is 11.6. The summed E-state index contributed by atoms with van der Waals surface area (Å²) < 4.78 is 5.51. The van der Waals surface area contributed by atoms with Crippen LogP contribution in [-0.4, -0.2) is 28.6 Å². The SMILES string of the molecule is C=CCOc1ccc(/C=C2/SC(=Nc3ccccc3)N(Cc3ccc(C(=O)[O-])cc3)C2=O)cc1. The molecule has 7 heteroatoms. The molecule has 1 saturated heterocycles. The molecular formula is C27H21N2O4S-. The highest BCUT2D eigenvalue weighted by Crippen LogP contribution is 2.35. The molecule has 1 aliphatic heterocycles. The summed E-state index contributed by atoms with van der Waals surface area (Å²) in [6.45, 7) is 4.32. The van der Waals surface area contributed by atoms with Crippen LogP contribution in [0.1, 0.15) is 21.5 Å². The van der Waals surface area contributed by atoms with Crippen molar-refractivity contribution in [3.63, 3.8) is 0 Å². The average Bonchev–Trinajstić information content (AvgIpc) is 3.13. The molecule has 0 bridgehead atoms. The standard InChI is InChI=1S/C27H22N2O4S/c1-2-16-33-23-14-10-19(11-15-23)17-24-25(30)29(18-20-8-12-21(13-9-20)26(31)32)27(34-24)28-22-6-4-3-5-7-22/h2-15,17H,1,16,18H2,(H,31,32)/p-1/b24-17+,28-27?. The van der Waals surface area contributed by atoms with Crippen LogP contribution in [0.15, 0.2) is 101 Å². The Kier molecular flexibility index (Phi) is 7.25. The Labute approximate surface area is 201 Å². The number of rotatable bonds is 8. The van der Waals surface area contributed by atoms with Crippen LogP contribution >= 0.6 is 11.8 Å². The van der Waals surface area contributed by atoms with Crippen molar-refractivity contribution in [3.05, 3.63) is 113 Å². The third kappa shape index (κ3) is 5.63. The number of hydrogen-bond donors (Lipinski definition) is 0. The van der Waals surface area contributed by atoms with Crippen molar-refractivity contribution >= 4 is 40.6 Å². The number of carbonyl (C=O) groups excluding carboxylic acids is 2. The predicted molar refractivity (Wildman–Crippen MR) is 133 cm³/mol. The Morgan fingerprint density at radius 3 is 2.38 bits per heavy atom. The lowest BCUT2D eigenvalue weighted by Crippen LogP contribution is -2.28. The number of aromatic carboxylic acids is 1. The topological polar surface area (TPSA) is 82.0 Å². The third-order valence-electron chi connectivity index (χ3n) is 4.95. The number of amides is 1. The van der Waals surface area contributed by atoms with E-state index >= 15 is 0 Å². The maximum atomic E-state index is 13.3. The number of nitrogens with zero attached hydrogens (tertiary/aromatic N) is 2. The van der Waals surface area contributed by atoms with Gasteiger partial charge in [0, 0.05) is 0 Å². The fourth-order valence-corrected chi connectivity index (χ4v) is 4.24. The maximum absolute atomic E-state index is 13.3. The summed E-state index contributed by atoms with van der Waals surface area (Å²) in [5.74, 6) is -0.687. The minimum absolute atomic E-state index is 0.0881. The molecule has 0 aliphatic carbocycles. The zero-order chi connectivity index (χ0) is 23.9. The van der Waals surface area contributed by atoms with Crippen molar-refractivity contribution in [1.29, 1.82) is 0 Å². The van der Waals surface area contributed by atoms with Crippen LogP contribution in [0.2, 0.25) is 0 Å². The largest absolute Gasteiger partial charge is 0.545 e. The molecule has 4 rings (SSSR count). The van der Waals surface area contributed by atoms with Crippen LogP contribution < -0.4 is 9.84 Å². The number of carboxylic acid groups (broad SMARTS) is 1. The van der Waals surface area contributed by atoms with E-state index < -0.39 is 5.97 Å². The molecule has 0 unspecified atom stereocenters. The summed E-state index contributed by atoms with van der Waals surface area (Å²) in [5.41, 5.74) is 2.47. The Bertz CT molecular complexity index is 1250. The maximum Gasteiger partial charge on any atom is 0.267 e. The van der Waals surface area contributed by atoms with E-state index in [1.165, 1.54) is 23.9 Å². The molecular weight excluding hydrogens is 448 g/mol. The minimum atomic E-state index is -1.24. The van der Waals surface area contributed by atoms with Gasteiger partial charge in [-0.05, 0) is 58.8 Å². The van der Waals surface area contributed by atoms with Gasteiger partial charge in [-0.2, -0.15) is 0 Å². The molecule has 0 saturated carbocycles. The van der Waals surface area contributed by atoms with Gasteiger partial charge in [-0.25, -0.2) is 4.99 Å². The summed E-state index contributed by atoms with van der Waals surface area (Å²) in [6.07, 6.45) is 3.50. The second-order valence-electron chi connectivity index (χ2n) is 7.38. The Morgan fingerprint density at radius 1 is 1.03 bits per heavy atom. The monoisotopic (exact) mass is 469 g/mol. The van der Waals surface area contributed by atoms with Crippen molar-refractivity contribution < 1.29 is 19.4 Å². The molecule has 3 aromatic rings. The molecule has 0 atom stereocenters. The summed E-state index contributed by atoms with van der Waals surface area (Å²) in [4.78, 5) is 31.2. The van der Waals surface area contributed by atoms with Crippen molar-refractivity contribution in [3.8, 4) is 5.75 Å². The highest BCUT2D eigenvalue weighted by Gasteiger charge is 2.33. The van der Waals surface area contributed by atoms with E-state index in [0.29, 0.717) is 16.7 Å². The van der Waals surface area contributed by atoms with Crippen molar-refractivity contribution in [2.75, 3.05) is 6.61 Å². The molecule has 1 fully saturated rings. The van der Waals surface area contributed by atoms with Gasteiger partial charge in [0.2, 0.25) is 0 Å². The molecule has 1 aliphatic rings. The number of para-hydroxylation sites is 1. The lowest BCUT2D eigenvalue weighted by molar-refractivity contribution is -0.255. The molecule has 1 heterocycles. The fraction of sp³-hybridized carbons (Fsp3) is 0.0741. The molecule has 34 heavy (non-hydrogen) atoms. The lowest BCUT2D eigenvalue weighted by atomic mass is 10.1. The first-order chi connectivity index (χ1) is 16.5. The number of ether oxygens (including phenoxy) is 1. The van der Waals surface area contributed by atoms with Gasteiger partial charge in [-0.1, -0.05) is 67.3 Å². The average molecular weight is 470 g/mol. The predicted octanol–water partition coefficient (Wildman–Crippen LogP) is 4.42. The number of aliphatic imine (C=N–C) groups is 1. The molecule has 0 N–H and O–H groups in total. The van der Waals surface area contributed by atoms with Gasteiger partial charge >= 0.3 is 0 Å². The van der Waals surface area contributed by atoms with E-state index in [9.17, 15) is 14.7 Å². The van der Waals surface area contributed by atoms with Crippen LogP contribution in [0.25, 0.3) is 6.08 Å². The van der Waals surface area contributed by atoms with E-state index in [4.69, 9.17) is 4.74 Å². The van der Waals surface area contributed by atoms with Crippen molar-refractivity contribution in [2.24, 2.45) is 4.99 Å². The summed E-state index contributed by atoms with van der Waals surface area (Å²) in [7, 11) is 0. The van der Waals surface area contributed by atoms with Crippen LogP contribution in [0.4, 0.5) is 5.69 Å². The van der Waals surface area contributed by atoms with Gasteiger partial charge in [0.25, 0.3) is 5.91 Å². The van der Waals surface area contributed by atoms with Gasteiger partial charge in [-0.15, -0.1) is 0 Å². The first-order valence-electron chi connectivity index (χ1n) is 10.5. The van der Waals surface area contributed by atoms with E-state index in [-0.39, 0.29) is 18.0 Å². The number of carbonyl (C=O) groups is 2. The molecule has 0 radical (unpaired) electrons. The van der Waals surface area contributed by atoms with E-state index in [0.717, 1.165) is 22.6 Å². The van der Waals surface area contributed by atoms with E-state index in [2.05, 4.69) is 11.6 Å². The van der Waals surface area contributed by atoms with E-state index in [1.807, 2.05) is 60.7 Å². The van der Waals surface area contributed by atoms with E-state index in [1.54, 1.807) is 23.1 Å². The Hall–Kier alpha value is -4.10. The van der Waals surface area contributed by atoms with Gasteiger partial charge < -0.3 is 14.6 Å². The second-order valence-corrected chi connectivity index (χ2v) is 8.39. The van der Waals surface area contributed by atoms with Crippen molar-refractivity contribution in [1.82, 2.24) is 4.90 Å². The highest BCUT2D eigenvalue weighted by molar-refractivity contribution is 8.18. The first-order valence-corrected chi connectivity index (χ1v) is 11.3. The number of thioether (sulfide) groups is 1. The fourth-order valence-electron chi connectivity index (χ4n) is 3.24. The van der Waals surface area contributed by atoms with Crippen LogP contribution in [0.3, 0.4) is 0 Å². The first kappa shape index (κ1) is 23.1. The molecule has 1 amide bonds. The third-order valence-corrected chi connectivity index (χ3v) is 5.95. The van der Waals surface area contributed by atoms with Crippen LogP contribution in [-0.2, 0) is 11.3 Å². The Balaban J connectivity index is 1.61. The molecule has 170 valence electrons. The van der Waals surface area contributed by atoms with Crippen LogP contribution in [0.5, 0.6) is 5.75 Å². The zero-order valence-electron chi connectivity index (χ0n) is 18.2. The number of benzene rings is 3. The minimum Gasteiger partial charge on any atom is -0.545 e. The zero-order valence-corrected chi connectivity index (χ0v) is 19.0. The lowest BCUT2D eigenvalue weighted by Gasteiger charge is -2.16. The van der Waals surface area contributed by atoms with Gasteiger partial charge in [0.15, 0.2) is 5.17 Å². The second kappa shape index (κ2) is 10.7. The van der Waals surface area contributed by atoms with Gasteiger partial charge in [0.1, 0.15) is 12.4 Å². The Morgan fingerprint density at radius 2 is 1.74 bits per heavy atom. The molecule has 0 spiro atoms. The normalized spacial score (nSPS) is 15.6. The summed E-state index contributed by atoms with van der Waals surface area (Å²) >= 11 is 1.30. The number of hydrogen-bond acceptors (Lipinski definition) is 6. The highest BCUT2D eigenvalue weighted by atomic mass is 32.2. The molecule has 6 nitrogen and oxygen atoms in total. The van der Waals surface area contributed by atoms with Gasteiger partial charge in [0.05, 0.1) is 23.1 Å².